The van der Waals surface area contributed by atoms with E-state index in [4.69, 9.17) is 24.7 Å². The van der Waals surface area contributed by atoms with Crippen molar-refractivity contribution in [1.29, 1.82) is 0 Å². The maximum atomic E-state index is 5.74. The molecule has 0 aliphatic carbocycles. The number of hydrogen-bond acceptors (Lipinski definition) is 6. The Labute approximate surface area is 105 Å². The van der Waals surface area contributed by atoms with Crippen LogP contribution >= 0.6 is 0 Å². The van der Waals surface area contributed by atoms with Crippen molar-refractivity contribution in [1.82, 2.24) is 5.32 Å². The molecule has 0 fully saturated rings. The molecular formula is C10H27N3O3Si. The SMILES string of the molecule is CO[Si](CCCNCCN)(OC)OCCCN. The minimum Gasteiger partial charge on any atom is -0.377 e. The van der Waals surface area contributed by atoms with Crippen LogP contribution in [-0.4, -0.2) is 55.8 Å². The Morgan fingerprint density at radius 2 is 1.71 bits per heavy atom. The van der Waals surface area contributed by atoms with Gasteiger partial charge in [0.15, 0.2) is 0 Å². The largest absolute Gasteiger partial charge is 0.500 e. The summed E-state index contributed by atoms with van der Waals surface area (Å²) in [7, 11) is 0.821. The summed E-state index contributed by atoms with van der Waals surface area (Å²) in [6.07, 6.45) is 1.78. The summed E-state index contributed by atoms with van der Waals surface area (Å²) in [6.45, 7) is 3.61. The molecule has 0 saturated heterocycles. The molecule has 5 N–H and O–H groups in total. The van der Waals surface area contributed by atoms with Crippen molar-refractivity contribution in [3.8, 4) is 0 Å². The molecule has 0 bridgehead atoms. The van der Waals surface area contributed by atoms with Gasteiger partial charge in [0.25, 0.3) is 0 Å². The molecule has 0 unspecified atom stereocenters. The molecule has 104 valence electrons. The highest BCUT2D eigenvalue weighted by Crippen LogP contribution is 2.15. The van der Waals surface area contributed by atoms with Crippen molar-refractivity contribution >= 4 is 8.80 Å². The first kappa shape index (κ1) is 17.0. The fourth-order valence-corrected chi connectivity index (χ4v) is 3.47. The van der Waals surface area contributed by atoms with Gasteiger partial charge >= 0.3 is 8.80 Å². The lowest BCUT2D eigenvalue weighted by atomic mass is 10.5. The summed E-state index contributed by atoms with van der Waals surface area (Å²) in [5.74, 6) is 0. The zero-order valence-corrected chi connectivity index (χ0v) is 12.0. The van der Waals surface area contributed by atoms with Gasteiger partial charge in [0.05, 0.1) is 0 Å². The van der Waals surface area contributed by atoms with E-state index in [-0.39, 0.29) is 0 Å². The van der Waals surface area contributed by atoms with E-state index in [9.17, 15) is 0 Å². The molecule has 0 aliphatic rings. The third kappa shape index (κ3) is 7.82. The Hall–Kier alpha value is -0.0231. The van der Waals surface area contributed by atoms with Crippen LogP contribution in [0.2, 0.25) is 6.04 Å². The second-order valence-electron chi connectivity index (χ2n) is 3.72. The molecule has 0 saturated carbocycles. The monoisotopic (exact) mass is 265 g/mol. The normalized spacial score (nSPS) is 12.0. The molecule has 0 heterocycles. The Bertz CT molecular complexity index is 171. The summed E-state index contributed by atoms with van der Waals surface area (Å²) >= 11 is 0. The molecule has 0 amide bonds. The van der Waals surface area contributed by atoms with E-state index >= 15 is 0 Å². The van der Waals surface area contributed by atoms with Crippen LogP contribution in [0, 0.1) is 0 Å². The average molecular weight is 265 g/mol. The topological polar surface area (TPSA) is 91.8 Å². The van der Waals surface area contributed by atoms with E-state index in [0.717, 1.165) is 32.0 Å². The summed E-state index contributed by atoms with van der Waals surface area (Å²) in [6, 6.07) is 0.808. The maximum absolute atomic E-state index is 5.74. The molecule has 0 radical (unpaired) electrons. The molecular weight excluding hydrogens is 238 g/mol. The minimum atomic E-state index is -2.47. The third-order valence-electron chi connectivity index (χ3n) is 2.45. The molecule has 6 nitrogen and oxygen atoms in total. The molecule has 0 spiro atoms. The Balaban J connectivity index is 3.85. The highest BCUT2D eigenvalue weighted by atomic mass is 28.4. The number of hydrogen-bond donors (Lipinski definition) is 3. The van der Waals surface area contributed by atoms with Gasteiger partial charge in [-0.15, -0.1) is 0 Å². The molecule has 17 heavy (non-hydrogen) atoms. The lowest BCUT2D eigenvalue weighted by molar-refractivity contribution is 0.0971. The molecule has 0 aromatic heterocycles. The predicted molar refractivity (Wildman–Crippen MR) is 70.7 cm³/mol. The highest BCUT2D eigenvalue weighted by molar-refractivity contribution is 6.60. The van der Waals surface area contributed by atoms with Crippen LogP contribution in [0.15, 0.2) is 0 Å². The Kier molecular flexibility index (Phi) is 11.1. The molecule has 0 aliphatic heterocycles. The molecule has 0 atom stereocenters. The zero-order valence-electron chi connectivity index (χ0n) is 11.0. The smallest absolute Gasteiger partial charge is 0.377 e. The standard InChI is InChI=1S/C10H27N3O3Si/c1-14-17(15-2,16-9-3-5-11)10-4-7-13-8-6-12/h13H,3-12H2,1-2H3. The second kappa shape index (κ2) is 11.1. The van der Waals surface area contributed by atoms with Crippen molar-refractivity contribution in [2.75, 3.05) is 47.0 Å². The quantitative estimate of drug-likeness (QED) is 0.326. The first-order valence-corrected chi connectivity index (χ1v) is 8.03. The second-order valence-corrected chi connectivity index (χ2v) is 6.70. The fraction of sp³-hybridized carbons (Fsp3) is 1.00. The fourth-order valence-electron chi connectivity index (χ4n) is 1.45. The summed E-state index contributed by atoms with van der Waals surface area (Å²) < 4.78 is 16.6. The first-order chi connectivity index (χ1) is 8.24. The van der Waals surface area contributed by atoms with Crippen LogP contribution in [0.25, 0.3) is 0 Å². The summed E-state index contributed by atoms with van der Waals surface area (Å²) in [4.78, 5) is 0. The predicted octanol–water partition coefficient (Wildman–Crippen LogP) is -0.478. The van der Waals surface area contributed by atoms with Crippen LogP contribution < -0.4 is 16.8 Å². The maximum Gasteiger partial charge on any atom is 0.500 e. The first-order valence-electron chi connectivity index (χ1n) is 6.09. The van der Waals surface area contributed by atoms with Gasteiger partial charge in [-0.25, -0.2) is 0 Å². The summed E-state index contributed by atoms with van der Waals surface area (Å²) in [5.41, 5.74) is 10.8. The van der Waals surface area contributed by atoms with Crippen LogP contribution in [-0.2, 0) is 13.3 Å². The van der Waals surface area contributed by atoms with Crippen molar-refractivity contribution in [3.63, 3.8) is 0 Å². The highest BCUT2D eigenvalue weighted by Gasteiger charge is 2.37. The van der Waals surface area contributed by atoms with Crippen LogP contribution in [0.5, 0.6) is 0 Å². The van der Waals surface area contributed by atoms with Gasteiger partial charge in [-0.2, -0.15) is 0 Å². The van der Waals surface area contributed by atoms with Crippen molar-refractivity contribution in [2.24, 2.45) is 11.5 Å². The summed E-state index contributed by atoms with van der Waals surface area (Å²) in [5, 5.41) is 3.23. The van der Waals surface area contributed by atoms with Gasteiger partial charge in [-0.05, 0) is 25.9 Å². The van der Waals surface area contributed by atoms with Crippen molar-refractivity contribution in [2.45, 2.75) is 18.9 Å². The van der Waals surface area contributed by atoms with Gasteiger partial charge in [0.1, 0.15) is 0 Å². The lowest BCUT2D eigenvalue weighted by Gasteiger charge is -2.26. The van der Waals surface area contributed by atoms with Crippen LogP contribution in [0.4, 0.5) is 0 Å². The minimum absolute atomic E-state index is 0.598. The lowest BCUT2D eigenvalue weighted by Crippen LogP contribution is -2.44. The van der Waals surface area contributed by atoms with Crippen LogP contribution in [0.1, 0.15) is 12.8 Å². The Morgan fingerprint density at radius 1 is 1.00 bits per heavy atom. The molecule has 0 aromatic carbocycles. The average Bonchev–Trinajstić information content (AvgIpc) is 2.37. The van der Waals surface area contributed by atoms with E-state index in [1.807, 2.05) is 0 Å². The van der Waals surface area contributed by atoms with Crippen molar-refractivity contribution in [3.05, 3.63) is 0 Å². The van der Waals surface area contributed by atoms with E-state index in [0.29, 0.717) is 19.7 Å². The Morgan fingerprint density at radius 3 is 2.24 bits per heavy atom. The van der Waals surface area contributed by atoms with Gasteiger partial charge in [-0.3, -0.25) is 0 Å². The third-order valence-corrected chi connectivity index (χ3v) is 5.30. The molecule has 7 heteroatoms. The molecule has 0 aromatic rings. The van der Waals surface area contributed by atoms with Crippen molar-refractivity contribution < 1.29 is 13.3 Å². The van der Waals surface area contributed by atoms with E-state index in [2.05, 4.69) is 5.32 Å². The number of nitrogens with one attached hydrogen (secondary N) is 1. The van der Waals surface area contributed by atoms with E-state index in [1.54, 1.807) is 14.2 Å². The van der Waals surface area contributed by atoms with Gasteiger partial charge < -0.3 is 30.1 Å². The molecule has 0 rings (SSSR count). The van der Waals surface area contributed by atoms with Gasteiger partial charge in [0.2, 0.25) is 0 Å². The van der Waals surface area contributed by atoms with Crippen LogP contribution in [0.3, 0.4) is 0 Å². The number of nitrogens with two attached hydrogens (primary N) is 2. The zero-order chi connectivity index (χ0) is 13.0. The number of rotatable bonds is 12. The van der Waals surface area contributed by atoms with Gasteiger partial charge in [0, 0.05) is 40.0 Å². The van der Waals surface area contributed by atoms with E-state index in [1.165, 1.54) is 0 Å². The van der Waals surface area contributed by atoms with E-state index < -0.39 is 8.80 Å². The van der Waals surface area contributed by atoms with Gasteiger partial charge in [-0.1, -0.05) is 0 Å².